The van der Waals surface area contributed by atoms with E-state index in [0.29, 0.717) is 51.0 Å². The smallest absolute Gasteiger partial charge is 0.410 e. The first-order chi connectivity index (χ1) is 25.8. The second-order valence-corrected chi connectivity index (χ2v) is 15.2. The van der Waals surface area contributed by atoms with Crippen LogP contribution in [-0.2, 0) is 32.0 Å². The van der Waals surface area contributed by atoms with Crippen LogP contribution in [0.25, 0.3) is 6.08 Å². The lowest BCUT2D eigenvalue weighted by Crippen LogP contribution is -2.39. The first-order valence-electron chi connectivity index (χ1n) is 17.2. The highest BCUT2D eigenvalue weighted by Gasteiger charge is 2.32. The minimum absolute atomic E-state index is 0.00200. The summed E-state index contributed by atoms with van der Waals surface area (Å²) in [7, 11) is 1.56. The van der Waals surface area contributed by atoms with Crippen LogP contribution in [0.4, 0.5) is 15.5 Å². The predicted molar refractivity (Wildman–Crippen MR) is 210 cm³/mol. The fourth-order valence-corrected chi connectivity index (χ4v) is 7.40. The van der Waals surface area contributed by atoms with Crippen LogP contribution in [0.3, 0.4) is 0 Å². The van der Waals surface area contributed by atoms with Crippen LogP contribution in [0, 0.1) is 0 Å². The highest BCUT2D eigenvalue weighted by Crippen LogP contribution is 2.38. The summed E-state index contributed by atoms with van der Waals surface area (Å²) >= 11 is 2.48. The molecule has 54 heavy (non-hydrogen) atoms. The molecule has 282 valence electrons. The summed E-state index contributed by atoms with van der Waals surface area (Å²) in [5, 5.41) is 8.82. The molecule has 0 saturated carbocycles. The molecule has 0 spiro atoms. The van der Waals surface area contributed by atoms with E-state index >= 15 is 0 Å². The number of thioether (sulfide) groups is 1. The van der Waals surface area contributed by atoms with Crippen LogP contribution < -0.4 is 20.7 Å². The predicted octanol–water partition coefficient (Wildman–Crippen LogP) is 7.37. The molecule has 0 unspecified atom stereocenters. The minimum Gasteiger partial charge on any atom is -0.497 e. The van der Waals surface area contributed by atoms with Crippen molar-refractivity contribution < 1.29 is 38.2 Å². The first-order valence-corrected chi connectivity index (χ1v) is 19.0. The van der Waals surface area contributed by atoms with Gasteiger partial charge in [0.15, 0.2) is 0 Å². The van der Waals surface area contributed by atoms with Crippen molar-refractivity contribution in [3.8, 4) is 5.75 Å². The van der Waals surface area contributed by atoms with Gasteiger partial charge in [-0.05, 0) is 93.8 Å². The molecule has 12 nitrogen and oxygen atoms in total. The standard InChI is InChI=1S/C40H42N4O8S2/c1-6-51-38(48)34-30-19-20-44(39(49)52-40(2,3)4)23-32(30)54-37(34)43-33(45)24-53-29-14-10-13-27(22-29)41-36(47)31(21-25-15-17-28(50-5)18-16-25)42-35(46)26-11-8-7-9-12-26/h7-18,21-22H,6,19-20,23-24H2,1-5H3,(H,41,47)(H,42,46)(H,43,45)/b31-21+. The summed E-state index contributed by atoms with van der Waals surface area (Å²) in [4.78, 5) is 68.7. The number of ether oxygens (including phenoxy) is 3. The lowest BCUT2D eigenvalue weighted by atomic mass is 10.0. The van der Waals surface area contributed by atoms with E-state index in [0.717, 1.165) is 10.4 Å². The molecule has 4 amide bonds. The highest BCUT2D eigenvalue weighted by atomic mass is 32.2. The Kier molecular flexibility index (Phi) is 13.2. The van der Waals surface area contributed by atoms with Gasteiger partial charge in [0, 0.05) is 27.6 Å². The number of thiophene rings is 1. The molecular formula is C40H42N4O8S2. The maximum absolute atomic E-state index is 13.6. The SMILES string of the molecule is CCOC(=O)c1c(NC(=O)CSc2cccc(NC(=O)/C(=C\c3ccc(OC)cc3)NC(=O)c3ccccc3)c2)sc2c1CCN(C(=O)OC(C)(C)C)C2. The topological polar surface area (TPSA) is 152 Å². The highest BCUT2D eigenvalue weighted by molar-refractivity contribution is 8.00. The number of carbonyl (C=O) groups is 5. The average molecular weight is 771 g/mol. The zero-order valence-electron chi connectivity index (χ0n) is 30.6. The fraction of sp³-hybridized carbons (Fsp3) is 0.275. The van der Waals surface area contributed by atoms with Crippen molar-refractivity contribution in [3.63, 3.8) is 0 Å². The molecule has 2 heterocycles. The van der Waals surface area contributed by atoms with Gasteiger partial charge in [-0.3, -0.25) is 14.4 Å². The third kappa shape index (κ3) is 10.7. The maximum atomic E-state index is 13.6. The number of rotatable bonds is 12. The van der Waals surface area contributed by atoms with Gasteiger partial charge in [0.1, 0.15) is 22.0 Å². The molecule has 1 aliphatic rings. The maximum Gasteiger partial charge on any atom is 0.410 e. The molecule has 14 heteroatoms. The average Bonchev–Trinajstić information content (AvgIpc) is 3.51. The molecule has 0 atom stereocenters. The number of hydrogen-bond acceptors (Lipinski definition) is 10. The van der Waals surface area contributed by atoms with E-state index in [1.807, 2.05) is 0 Å². The molecule has 0 aliphatic carbocycles. The van der Waals surface area contributed by atoms with Crippen molar-refractivity contribution in [2.75, 3.05) is 36.6 Å². The molecule has 5 rings (SSSR count). The van der Waals surface area contributed by atoms with Crippen molar-refractivity contribution in [2.45, 2.75) is 51.2 Å². The Labute approximate surface area is 322 Å². The fourth-order valence-electron chi connectivity index (χ4n) is 5.38. The number of amides is 4. The van der Waals surface area contributed by atoms with Crippen LogP contribution in [0.15, 0.2) is 89.5 Å². The summed E-state index contributed by atoms with van der Waals surface area (Å²) in [5.74, 6) is -1.23. The molecule has 1 aliphatic heterocycles. The van der Waals surface area contributed by atoms with Gasteiger partial charge in [-0.2, -0.15) is 0 Å². The van der Waals surface area contributed by atoms with Gasteiger partial charge in [-0.1, -0.05) is 36.4 Å². The Balaban J connectivity index is 1.26. The van der Waals surface area contributed by atoms with E-state index in [-0.39, 0.29) is 30.5 Å². The van der Waals surface area contributed by atoms with Crippen molar-refractivity contribution in [1.82, 2.24) is 10.2 Å². The van der Waals surface area contributed by atoms with Gasteiger partial charge in [-0.25, -0.2) is 9.59 Å². The summed E-state index contributed by atoms with van der Waals surface area (Å²) in [6.45, 7) is 7.89. The number of methoxy groups -OCH3 is 1. The van der Waals surface area contributed by atoms with E-state index < -0.39 is 29.5 Å². The molecule has 4 aromatic rings. The van der Waals surface area contributed by atoms with E-state index in [1.54, 1.807) is 125 Å². The number of anilines is 2. The monoisotopic (exact) mass is 770 g/mol. The number of hydrogen-bond donors (Lipinski definition) is 3. The summed E-state index contributed by atoms with van der Waals surface area (Å²) in [6.07, 6.45) is 1.54. The van der Waals surface area contributed by atoms with Crippen LogP contribution in [0.5, 0.6) is 5.75 Å². The summed E-state index contributed by atoms with van der Waals surface area (Å²) < 4.78 is 16.1. The van der Waals surface area contributed by atoms with Crippen LogP contribution in [0.1, 0.15) is 64.4 Å². The molecule has 0 saturated heterocycles. The normalized spacial score (nSPS) is 12.6. The van der Waals surface area contributed by atoms with Gasteiger partial charge in [0.25, 0.3) is 11.8 Å². The lowest BCUT2D eigenvalue weighted by Gasteiger charge is -2.30. The second-order valence-electron chi connectivity index (χ2n) is 13.1. The van der Waals surface area contributed by atoms with Crippen molar-refractivity contribution >= 4 is 69.6 Å². The number of benzene rings is 3. The van der Waals surface area contributed by atoms with Gasteiger partial charge in [-0.15, -0.1) is 23.1 Å². The number of carbonyl (C=O) groups excluding carboxylic acids is 5. The molecule has 0 fully saturated rings. The number of fused-ring (bicyclic) bond motifs is 1. The zero-order valence-corrected chi connectivity index (χ0v) is 32.3. The van der Waals surface area contributed by atoms with Gasteiger partial charge in [0.05, 0.1) is 31.6 Å². The van der Waals surface area contributed by atoms with Crippen LogP contribution in [0.2, 0.25) is 0 Å². The van der Waals surface area contributed by atoms with Crippen molar-refractivity contribution in [1.29, 1.82) is 0 Å². The quantitative estimate of drug-likeness (QED) is 0.0762. The third-order valence-electron chi connectivity index (χ3n) is 7.86. The third-order valence-corrected chi connectivity index (χ3v) is 9.98. The largest absolute Gasteiger partial charge is 0.497 e. The molecule has 3 aromatic carbocycles. The summed E-state index contributed by atoms with van der Waals surface area (Å²) in [6, 6.07) is 22.6. The Bertz CT molecular complexity index is 2040. The van der Waals surface area contributed by atoms with Gasteiger partial charge >= 0.3 is 12.1 Å². The van der Waals surface area contributed by atoms with Gasteiger partial charge in [0.2, 0.25) is 5.91 Å². The van der Waals surface area contributed by atoms with Crippen molar-refractivity contribution in [3.05, 3.63) is 112 Å². The van der Waals surface area contributed by atoms with E-state index in [1.165, 1.54) is 23.1 Å². The molecular weight excluding hydrogens is 729 g/mol. The van der Waals surface area contributed by atoms with Crippen LogP contribution in [-0.4, -0.2) is 66.3 Å². The Morgan fingerprint density at radius 1 is 0.944 bits per heavy atom. The van der Waals surface area contributed by atoms with Gasteiger partial charge < -0.3 is 35.1 Å². The van der Waals surface area contributed by atoms with Crippen LogP contribution >= 0.6 is 23.1 Å². The Hall–Kier alpha value is -5.60. The second kappa shape index (κ2) is 18.0. The van der Waals surface area contributed by atoms with E-state index in [9.17, 15) is 24.0 Å². The molecule has 3 N–H and O–H groups in total. The molecule has 1 aromatic heterocycles. The van der Waals surface area contributed by atoms with Crippen molar-refractivity contribution in [2.24, 2.45) is 0 Å². The van der Waals surface area contributed by atoms with E-state index in [2.05, 4.69) is 16.0 Å². The molecule has 0 radical (unpaired) electrons. The summed E-state index contributed by atoms with van der Waals surface area (Å²) in [5.41, 5.74) is 1.95. The number of nitrogens with zero attached hydrogens (tertiary/aromatic N) is 1. The number of nitrogens with one attached hydrogen (secondary N) is 3. The zero-order chi connectivity index (χ0) is 38.8. The van der Waals surface area contributed by atoms with E-state index in [4.69, 9.17) is 14.2 Å². The first kappa shape index (κ1) is 39.6. The Morgan fingerprint density at radius 3 is 2.37 bits per heavy atom. The molecule has 0 bridgehead atoms. The number of esters is 1. The lowest BCUT2D eigenvalue weighted by molar-refractivity contribution is -0.114. The Morgan fingerprint density at radius 2 is 1.69 bits per heavy atom. The minimum atomic E-state index is -0.650.